The van der Waals surface area contributed by atoms with Crippen LogP contribution in [0.4, 0.5) is 0 Å². The molecule has 1 saturated carbocycles. The fraction of sp³-hybridized carbons (Fsp3) is 0.533. The molecule has 0 amide bonds. The molecule has 1 aromatic carbocycles. The zero-order valence-corrected chi connectivity index (χ0v) is 10.7. The summed E-state index contributed by atoms with van der Waals surface area (Å²) in [6.45, 7) is 6.22. The van der Waals surface area contributed by atoms with E-state index in [1.54, 1.807) is 0 Å². The van der Waals surface area contributed by atoms with Crippen LogP contribution in [0.15, 0.2) is 30.3 Å². The van der Waals surface area contributed by atoms with Gasteiger partial charge in [-0.15, -0.1) is 0 Å². The van der Waals surface area contributed by atoms with Crippen LogP contribution in [-0.2, 0) is 5.41 Å². The van der Waals surface area contributed by atoms with Crippen LogP contribution in [-0.4, -0.2) is 13.1 Å². The molecule has 0 saturated heterocycles. The number of nitrogens with one attached hydrogen (secondary N) is 1. The van der Waals surface area contributed by atoms with E-state index in [1.165, 1.54) is 5.56 Å². The van der Waals surface area contributed by atoms with Crippen molar-refractivity contribution < 1.29 is 0 Å². The molecule has 17 heavy (non-hydrogen) atoms. The molecule has 1 aliphatic rings. The van der Waals surface area contributed by atoms with E-state index in [4.69, 9.17) is 5.26 Å². The van der Waals surface area contributed by atoms with E-state index in [0.717, 1.165) is 25.9 Å². The monoisotopic (exact) mass is 228 g/mol. The summed E-state index contributed by atoms with van der Waals surface area (Å²) in [5.41, 5.74) is 1.41. The summed E-state index contributed by atoms with van der Waals surface area (Å²) >= 11 is 0. The number of hydrogen-bond acceptors (Lipinski definition) is 2. The Kier molecular flexibility index (Phi) is 3.22. The van der Waals surface area contributed by atoms with E-state index in [2.05, 4.69) is 49.5 Å². The molecule has 0 bridgehead atoms. The van der Waals surface area contributed by atoms with Gasteiger partial charge in [0, 0.05) is 18.5 Å². The van der Waals surface area contributed by atoms with Crippen molar-refractivity contribution in [3.63, 3.8) is 0 Å². The van der Waals surface area contributed by atoms with Crippen molar-refractivity contribution in [2.75, 3.05) is 13.1 Å². The average Bonchev–Trinajstić information content (AvgIpc) is 3.11. The summed E-state index contributed by atoms with van der Waals surface area (Å²) in [4.78, 5) is 0. The van der Waals surface area contributed by atoms with Gasteiger partial charge in [0.2, 0.25) is 0 Å². The molecule has 1 aromatic rings. The maximum absolute atomic E-state index is 9.01. The van der Waals surface area contributed by atoms with Crippen molar-refractivity contribution in [3.05, 3.63) is 35.9 Å². The lowest BCUT2D eigenvalue weighted by Crippen LogP contribution is -2.35. The molecule has 2 heteroatoms. The largest absolute Gasteiger partial charge is 0.314 e. The van der Waals surface area contributed by atoms with Crippen LogP contribution in [0.3, 0.4) is 0 Å². The third-order valence-corrected chi connectivity index (χ3v) is 3.68. The van der Waals surface area contributed by atoms with Crippen molar-refractivity contribution in [3.8, 4) is 6.07 Å². The lowest BCUT2D eigenvalue weighted by Gasteiger charge is -2.26. The fourth-order valence-corrected chi connectivity index (χ4v) is 2.08. The molecule has 1 fully saturated rings. The van der Waals surface area contributed by atoms with Crippen LogP contribution >= 0.6 is 0 Å². The Balaban J connectivity index is 1.88. The summed E-state index contributed by atoms with van der Waals surface area (Å²) in [6, 6.07) is 12.9. The van der Waals surface area contributed by atoms with Gasteiger partial charge in [-0.2, -0.15) is 5.26 Å². The highest BCUT2D eigenvalue weighted by molar-refractivity contribution is 5.24. The summed E-state index contributed by atoms with van der Waals surface area (Å²) in [5, 5.41) is 12.5. The molecule has 0 unspecified atom stereocenters. The highest BCUT2D eigenvalue weighted by Gasteiger charge is 2.42. The second kappa shape index (κ2) is 4.50. The van der Waals surface area contributed by atoms with Gasteiger partial charge < -0.3 is 5.32 Å². The molecular formula is C15H20N2. The SMILES string of the molecule is CC(C)(CNCC1(C#N)CC1)c1ccccc1. The van der Waals surface area contributed by atoms with Gasteiger partial charge in [0.25, 0.3) is 0 Å². The van der Waals surface area contributed by atoms with Gasteiger partial charge >= 0.3 is 0 Å². The van der Waals surface area contributed by atoms with Crippen LogP contribution in [0.2, 0.25) is 0 Å². The molecule has 0 heterocycles. The minimum absolute atomic E-state index is 0.0488. The van der Waals surface area contributed by atoms with E-state index in [9.17, 15) is 0 Å². The summed E-state index contributed by atoms with van der Waals surface area (Å²) in [7, 11) is 0. The third-order valence-electron chi connectivity index (χ3n) is 3.68. The van der Waals surface area contributed by atoms with Gasteiger partial charge in [-0.3, -0.25) is 0 Å². The van der Waals surface area contributed by atoms with Crippen molar-refractivity contribution in [1.82, 2.24) is 5.32 Å². The Labute approximate surface area is 104 Å². The van der Waals surface area contributed by atoms with Gasteiger partial charge in [0.05, 0.1) is 11.5 Å². The first-order valence-electron chi connectivity index (χ1n) is 6.26. The lowest BCUT2D eigenvalue weighted by molar-refractivity contribution is 0.443. The number of nitriles is 1. The lowest BCUT2D eigenvalue weighted by atomic mass is 9.84. The van der Waals surface area contributed by atoms with Gasteiger partial charge in [0.15, 0.2) is 0 Å². The molecule has 2 nitrogen and oxygen atoms in total. The normalized spacial score (nSPS) is 17.5. The molecule has 0 spiro atoms. The van der Waals surface area contributed by atoms with Crippen LogP contribution in [0.5, 0.6) is 0 Å². The second-order valence-electron chi connectivity index (χ2n) is 5.75. The average molecular weight is 228 g/mol. The maximum Gasteiger partial charge on any atom is 0.0703 e. The number of hydrogen-bond donors (Lipinski definition) is 1. The number of benzene rings is 1. The zero-order valence-electron chi connectivity index (χ0n) is 10.7. The fourth-order valence-electron chi connectivity index (χ4n) is 2.08. The van der Waals surface area contributed by atoms with E-state index in [1.807, 2.05) is 6.07 Å². The smallest absolute Gasteiger partial charge is 0.0703 e. The first-order chi connectivity index (χ1) is 8.08. The molecule has 90 valence electrons. The van der Waals surface area contributed by atoms with Crippen LogP contribution in [0.25, 0.3) is 0 Å². The molecule has 0 aliphatic heterocycles. The van der Waals surface area contributed by atoms with Gasteiger partial charge in [-0.05, 0) is 18.4 Å². The summed E-state index contributed by atoms with van der Waals surface area (Å²) < 4.78 is 0. The molecule has 2 rings (SSSR count). The van der Waals surface area contributed by atoms with Crippen LogP contribution < -0.4 is 5.32 Å². The maximum atomic E-state index is 9.01. The molecule has 1 aliphatic carbocycles. The number of nitrogens with zero attached hydrogens (tertiary/aromatic N) is 1. The van der Waals surface area contributed by atoms with Crippen molar-refractivity contribution in [2.45, 2.75) is 32.1 Å². The van der Waals surface area contributed by atoms with Crippen molar-refractivity contribution >= 4 is 0 Å². The quantitative estimate of drug-likeness (QED) is 0.841. The van der Waals surface area contributed by atoms with Crippen LogP contribution in [0, 0.1) is 16.7 Å². The van der Waals surface area contributed by atoms with Gasteiger partial charge in [-0.1, -0.05) is 44.2 Å². The topological polar surface area (TPSA) is 35.8 Å². The Hall–Kier alpha value is -1.33. The highest BCUT2D eigenvalue weighted by Crippen LogP contribution is 2.44. The zero-order chi connectivity index (χ0) is 12.4. The van der Waals surface area contributed by atoms with E-state index in [-0.39, 0.29) is 10.8 Å². The Bertz CT molecular complexity index is 410. The van der Waals surface area contributed by atoms with Gasteiger partial charge in [-0.25, -0.2) is 0 Å². The first kappa shape index (κ1) is 12.1. The highest BCUT2D eigenvalue weighted by atomic mass is 14.9. The van der Waals surface area contributed by atoms with Crippen LogP contribution in [0.1, 0.15) is 32.3 Å². The molecule has 0 radical (unpaired) electrons. The van der Waals surface area contributed by atoms with E-state index < -0.39 is 0 Å². The van der Waals surface area contributed by atoms with Crippen molar-refractivity contribution in [1.29, 1.82) is 5.26 Å². The Morgan fingerprint density at radius 1 is 1.29 bits per heavy atom. The van der Waals surface area contributed by atoms with E-state index in [0.29, 0.717) is 0 Å². The minimum atomic E-state index is -0.0488. The molecule has 1 N–H and O–H groups in total. The molecular weight excluding hydrogens is 208 g/mol. The standard InChI is InChI=1S/C15H20N2/c1-14(2,13-6-4-3-5-7-13)11-17-12-15(10-16)8-9-15/h3-7,17H,8-9,11-12H2,1-2H3. The predicted molar refractivity (Wildman–Crippen MR) is 69.6 cm³/mol. The van der Waals surface area contributed by atoms with E-state index >= 15 is 0 Å². The third kappa shape index (κ3) is 2.87. The molecule has 0 atom stereocenters. The summed E-state index contributed by atoms with van der Waals surface area (Å²) in [5.74, 6) is 0. The Morgan fingerprint density at radius 2 is 1.94 bits per heavy atom. The van der Waals surface area contributed by atoms with Gasteiger partial charge in [0.1, 0.15) is 0 Å². The van der Waals surface area contributed by atoms with Crippen molar-refractivity contribution in [2.24, 2.45) is 5.41 Å². The minimum Gasteiger partial charge on any atom is -0.314 e. The Morgan fingerprint density at radius 3 is 2.47 bits per heavy atom. The second-order valence-corrected chi connectivity index (χ2v) is 5.75. The predicted octanol–water partition coefficient (Wildman–Crippen LogP) is 2.86. The summed E-state index contributed by atoms with van der Waals surface area (Å²) in [6.07, 6.45) is 2.12. The molecule has 0 aromatic heterocycles. The first-order valence-corrected chi connectivity index (χ1v) is 6.26. The number of rotatable bonds is 5.